The van der Waals surface area contributed by atoms with Crippen LogP contribution in [0.1, 0.15) is 36.7 Å². The van der Waals surface area contributed by atoms with Gasteiger partial charge in [0.1, 0.15) is 28.0 Å². The smallest absolute Gasteiger partial charge is 0.408 e. The van der Waals surface area contributed by atoms with Crippen molar-refractivity contribution < 1.29 is 42.1 Å². The average molecular weight is 494 g/mol. The first-order chi connectivity index (χ1) is 15.7. The number of benzene rings is 2. The van der Waals surface area contributed by atoms with Gasteiger partial charge >= 0.3 is 18.0 Å². The molecule has 0 radical (unpaired) electrons. The highest BCUT2D eigenvalue weighted by Gasteiger charge is 2.24. The maximum atomic E-state index is 12.2. The van der Waals surface area contributed by atoms with E-state index in [1.807, 2.05) is 0 Å². The minimum Gasteiger partial charge on any atom is -0.480 e. The van der Waals surface area contributed by atoms with Gasteiger partial charge in [-0.05, 0) is 56.7 Å². The summed E-state index contributed by atoms with van der Waals surface area (Å²) in [6.07, 6.45) is 0.129. The summed E-state index contributed by atoms with van der Waals surface area (Å²) in [5.41, 5.74) is -0.130. The lowest BCUT2D eigenvalue weighted by atomic mass is 10.1. The molecule has 0 spiro atoms. The Labute approximate surface area is 197 Å². The Bertz CT molecular complexity index is 1170. The predicted molar refractivity (Wildman–Crippen MR) is 122 cm³/mol. The Kier molecular flexibility index (Phi) is 8.27. The maximum Gasteiger partial charge on any atom is 0.408 e. The molecule has 2 aromatic rings. The first-order valence-corrected chi connectivity index (χ1v) is 12.0. The van der Waals surface area contributed by atoms with Crippen LogP contribution in [-0.2, 0) is 30.5 Å². The van der Waals surface area contributed by atoms with Crippen LogP contribution in [0.2, 0.25) is 0 Å². The van der Waals surface area contributed by atoms with Crippen molar-refractivity contribution >= 4 is 27.9 Å². The zero-order chi connectivity index (χ0) is 25.7. The number of alkyl carbamates (subject to hydrolysis) is 1. The molecule has 0 fully saturated rings. The van der Waals surface area contributed by atoms with Crippen LogP contribution >= 0.6 is 0 Å². The van der Waals surface area contributed by atoms with E-state index in [0.717, 1.165) is 6.26 Å². The second-order valence-corrected chi connectivity index (χ2v) is 10.4. The first-order valence-electron chi connectivity index (χ1n) is 10.1. The fraction of sp³-hybridized carbons (Fsp3) is 0.348. The average Bonchev–Trinajstić information content (AvgIpc) is 2.72. The predicted octanol–water partition coefficient (Wildman–Crippen LogP) is 3.19. The minimum absolute atomic E-state index is 0.0120. The monoisotopic (exact) mass is 493 g/mol. The van der Waals surface area contributed by atoms with Gasteiger partial charge in [-0.15, -0.1) is 0 Å². The molecule has 0 saturated heterocycles. The summed E-state index contributed by atoms with van der Waals surface area (Å²) >= 11 is 0. The van der Waals surface area contributed by atoms with Crippen molar-refractivity contribution in [3.05, 3.63) is 53.6 Å². The van der Waals surface area contributed by atoms with Gasteiger partial charge in [-0.25, -0.2) is 22.8 Å². The van der Waals surface area contributed by atoms with Crippen molar-refractivity contribution in [3.8, 4) is 11.5 Å². The Balaban J connectivity index is 2.19. The second-order valence-electron chi connectivity index (χ2n) is 8.41. The van der Waals surface area contributed by atoms with Gasteiger partial charge in [0.2, 0.25) is 0 Å². The van der Waals surface area contributed by atoms with Crippen molar-refractivity contribution in [1.82, 2.24) is 5.32 Å². The number of carbonyl (C=O) groups is 3. The molecule has 0 aliphatic carbocycles. The Morgan fingerprint density at radius 3 is 2.18 bits per heavy atom. The number of hydrogen-bond donors (Lipinski definition) is 2. The molecular formula is C23H27NO9S. The van der Waals surface area contributed by atoms with E-state index in [0.29, 0.717) is 5.56 Å². The van der Waals surface area contributed by atoms with Gasteiger partial charge in [-0.1, -0.05) is 12.1 Å². The van der Waals surface area contributed by atoms with Crippen molar-refractivity contribution in [2.24, 2.45) is 0 Å². The number of sulfone groups is 1. The summed E-state index contributed by atoms with van der Waals surface area (Å²) < 4.78 is 39.8. The summed E-state index contributed by atoms with van der Waals surface area (Å²) in [6, 6.07) is 8.92. The van der Waals surface area contributed by atoms with E-state index in [1.54, 1.807) is 32.9 Å². The molecule has 2 N–H and O–H groups in total. The van der Waals surface area contributed by atoms with E-state index in [2.05, 4.69) is 10.1 Å². The number of carboxylic acid groups (broad SMARTS) is 1. The molecule has 1 atom stereocenters. The molecule has 34 heavy (non-hydrogen) atoms. The van der Waals surface area contributed by atoms with Gasteiger partial charge in [0.05, 0.1) is 12.7 Å². The summed E-state index contributed by atoms with van der Waals surface area (Å²) in [6.45, 7) is 5.00. The largest absolute Gasteiger partial charge is 0.480 e. The van der Waals surface area contributed by atoms with Gasteiger partial charge in [-0.3, -0.25) is 0 Å². The van der Waals surface area contributed by atoms with Gasteiger partial charge in [0.15, 0.2) is 9.84 Å². The maximum absolute atomic E-state index is 12.2. The van der Waals surface area contributed by atoms with Gasteiger partial charge in [-0.2, -0.15) is 0 Å². The van der Waals surface area contributed by atoms with Crippen LogP contribution in [0.3, 0.4) is 0 Å². The minimum atomic E-state index is -3.73. The number of esters is 1. The lowest BCUT2D eigenvalue weighted by Gasteiger charge is -2.22. The Morgan fingerprint density at radius 2 is 1.68 bits per heavy atom. The third-order valence-electron chi connectivity index (χ3n) is 4.34. The Hall–Kier alpha value is -3.60. The van der Waals surface area contributed by atoms with Crippen LogP contribution in [0.15, 0.2) is 47.4 Å². The molecule has 0 heterocycles. The molecule has 2 aromatic carbocycles. The number of carbonyl (C=O) groups excluding carboxylic acids is 2. The topological polar surface area (TPSA) is 145 Å². The lowest BCUT2D eigenvalue weighted by molar-refractivity contribution is -0.139. The van der Waals surface area contributed by atoms with E-state index in [9.17, 15) is 27.9 Å². The van der Waals surface area contributed by atoms with E-state index in [-0.39, 0.29) is 28.4 Å². The standard InChI is InChI=1S/C23H27NO9S/c1-23(2,3)33-22(28)24-17(20(25)26)12-14-6-9-16(10-7-14)32-18-11-8-15(21(27)31-4)13-19(18)34(5,29)30/h6-11,13,17H,12H2,1-5H3,(H,24,28)(H,25,26)/t17-/m0/s1. The highest BCUT2D eigenvalue weighted by molar-refractivity contribution is 7.90. The quantitative estimate of drug-likeness (QED) is 0.529. The highest BCUT2D eigenvalue weighted by Crippen LogP contribution is 2.30. The number of amides is 1. The van der Waals surface area contributed by atoms with Crippen LogP contribution in [0, 0.1) is 0 Å². The number of ether oxygens (including phenoxy) is 3. The highest BCUT2D eigenvalue weighted by atomic mass is 32.2. The zero-order valence-electron chi connectivity index (χ0n) is 19.4. The molecule has 0 unspecified atom stereocenters. The van der Waals surface area contributed by atoms with Crippen LogP contribution in [0.5, 0.6) is 11.5 Å². The molecule has 0 bridgehead atoms. The van der Waals surface area contributed by atoms with Gasteiger partial charge in [0.25, 0.3) is 0 Å². The SMILES string of the molecule is COC(=O)c1ccc(Oc2ccc(C[C@H](NC(=O)OC(C)(C)C)C(=O)O)cc2)c(S(C)(=O)=O)c1. The van der Waals surface area contributed by atoms with Crippen LogP contribution < -0.4 is 10.1 Å². The summed E-state index contributed by atoms with van der Waals surface area (Å²) in [4.78, 5) is 35.0. The molecular weight excluding hydrogens is 466 g/mol. The number of carboxylic acids is 1. The third-order valence-corrected chi connectivity index (χ3v) is 5.46. The van der Waals surface area contributed by atoms with E-state index in [1.165, 1.54) is 37.4 Å². The Morgan fingerprint density at radius 1 is 1.06 bits per heavy atom. The number of rotatable bonds is 8. The number of methoxy groups -OCH3 is 1. The van der Waals surface area contributed by atoms with Crippen LogP contribution in [-0.4, -0.2) is 56.6 Å². The van der Waals surface area contributed by atoms with Crippen molar-refractivity contribution in [2.75, 3.05) is 13.4 Å². The molecule has 184 valence electrons. The number of nitrogens with one attached hydrogen (secondary N) is 1. The van der Waals surface area contributed by atoms with Crippen molar-refractivity contribution in [1.29, 1.82) is 0 Å². The molecule has 11 heteroatoms. The fourth-order valence-electron chi connectivity index (χ4n) is 2.83. The number of hydrogen-bond acceptors (Lipinski definition) is 8. The van der Waals surface area contributed by atoms with Crippen LogP contribution in [0.25, 0.3) is 0 Å². The zero-order valence-corrected chi connectivity index (χ0v) is 20.3. The summed E-state index contributed by atoms with van der Waals surface area (Å²) in [7, 11) is -2.54. The molecule has 1 amide bonds. The van der Waals surface area contributed by atoms with Crippen molar-refractivity contribution in [3.63, 3.8) is 0 Å². The molecule has 10 nitrogen and oxygen atoms in total. The first kappa shape index (κ1) is 26.7. The molecule has 0 aliphatic rings. The van der Waals surface area contributed by atoms with Gasteiger partial charge in [0, 0.05) is 12.7 Å². The van der Waals surface area contributed by atoms with E-state index < -0.39 is 39.5 Å². The molecule has 0 saturated carbocycles. The van der Waals surface area contributed by atoms with Gasteiger partial charge < -0.3 is 24.6 Å². The molecule has 0 aromatic heterocycles. The van der Waals surface area contributed by atoms with Crippen molar-refractivity contribution in [2.45, 2.75) is 43.7 Å². The fourth-order valence-corrected chi connectivity index (χ4v) is 3.65. The lowest BCUT2D eigenvalue weighted by Crippen LogP contribution is -2.44. The second kappa shape index (κ2) is 10.6. The van der Waals surface area contributed by atoms with Crippen LogP contribution in [0.4, 0.5) is 4.79 Å². The normalized spacial score (nSPS) is 12.4. The summed E-state index contributed by atoms with van der Waals surface area (Å²) in [5.74, 6) is -1.62. The molecule has 0 aliphatic heterocycles. The van der Waals surface area contributed by atoms with E-state index >= 15 is 0 Å². The summed E-state index contributed by atoms with van der Waals surface area (Å²) in [5, 5.41) is 11.8. The van der Waals surface area contributed by atoms with E-state index in [4.69, 9.17) is 9.47 Å². The third kappa shape index (κ3) is 7.77. The molecule has 2 rings (SSSR count). The number of aliphatic carboxylic acids is 1.